The highest BCUT2D eigenvalue weighted by molar-refractivity contribution is 6.33. The Balaban J connectivity index is 1.81. The predicted molar refractivity (Wildman–Crippen MR) is 87.8 cm³/mol. The second kappa shape index (κ2) is 8.31. The summed E-state index contributed by atoms with van der Waals surface area (Å²) < 4.78 is 0. The molecule has 2 amide bonds. The van der Waals surface area contributed by atoms with Crippen molar-refractivity contribution in [1.82, 2.24) is 10.8 Å². The van der Waals surface area contributed by atoms with Crippen LogP contribution < -0.4 is 10.8 Å². The van der Waals surface area contributed by atoms with E-state index in [-0.39, 0.29) is 6.61 Å². The minimum absolute atomic E-state index is 0.248. The van der Waals surface area contributed by atoms with Gasteiger partial charge in [0.15, 0.2) is 0 Å². The lowest BCUT2D eigenvalue weighted by Gasteiger charge is -2.14. The molecule has 0 aliphatic rings. The minimum Gasteiger partial charge on any atom is -0.340 e. The first-order chi connectivity index (χ1) is 11.1. The Morgan fingerprint density at radius 3 is 2.43 bits per heavy atom. The molecule has 0 saturated carbocycles. The van der Waals surface area contributed by atoms with Crippen molar-refractivity contribution in [1.29, 1.82) is 0 Å². The third-order valence-corrected chi connectivity index (χ3v) is 3.44. The molecule has 120 valence electrons. The second-order valence-corrected chi connectivity index (χ2v) is 5.32. The molecule has 5 nitrogen and oxygen atoms in total. The maximum Gasteiger partial charge on any atom is 0.265 e. The molecule has 1 atom stereocenters. The van der Waals surface area contributed by atoms with E-state index in [1.54, 1.807) is 31.2 Å². The number of nitrogens with one attached hydrogen (secondary N) is 2. The summed E-state index contributed by atoms with van der Waals surface area (Å²) in [7, 11) is 0. The Morgan fingerprint density at radius 1 is 1.09 bits per heavy atom. The number of hydrogen-bond acceptors (Lipinski definition) is 3. The van der Waals surface area contributed by atoms with Gasteiger partial charge in [-0.3, -0.25) is 14.4 Å². The van der Waals surface area contributed by atoms with Crippen LogP contribution in [0.5, 0.6) is 0 Å². The molecule has 23 heavy (non-hydrogen) atoms. The van der Waals surface area contributed by atoms with Gasteiger partial charge in [-0.05, 0) is 24.6 Å². The quantitative estimate of drug-likeness (QED) is 0.799. The molecule has 0 fully saturated rings. The summed E-state index contributed by atoms with van der Waals surface area (Å²) >= 11 is 5.95. The van der Waals surface area contributed by atoms with Crippen molar-refractivity contribution >= 4 is 23.4 Å². The Hall–Kier alpha value is -2.37. The number of rotatable bonds is 6. The molecule has 6 heteroatoms. The predicted octanol–water partition coefficient (Wildman–Crippen LogP) is 2.71. The van der Waals surface area contributed by atoms with Gasteiger partial charge in [0.25, 0.3) is 11.8 Å². The third kappa shape index (κ3) is 5.09. The zero-order chi connectivity index (χ0) is 16.7. The summed E-state index contributed by atoms with van der Waals surface area (Å²) in [5.74, 6) is -0.859. The molecule has 0 unspecified atom stereocenters. The number of carbonyl (C=O) groups is 2. The molecule has 0 spiro atoms. The van der Waals surface area contributed by atoms with Gasteiger partial charge in [-0.1, -0.05) is 54.1 Å². The average molecular weight is 333 g/mol. The molecule has 0 heterocycles. The van der Waals surface area contributed by atoms with Gasteiger partial charge in [0.05, 0.1) is 17.2 Å². The molecule has 0 radical (unpaired) electrons. The van der Waals surface area contributed by atoms with Gasteiger partial charge in [0.2, 0.25) is 0 Å². The monoisotopic (exact) mass is 332 g/mol. The van der Waals surface area contributed by atoms with Crippen molar-refractivity contribution in [2.75, 3.05) is 0 Å². The van der Waals surface area contributed by atoms with Crippen LogP contribution in [0.1, 0.15) is 22.8 Å². The number of hydrogen-bond donors (Lipinski definition) is 2. The molecule has 0 aliphatic heterocycles. The maximum atomic E-state index is 12.1. The Kier molecular flexibility index (Phi) is 6.14. The first-order valence-corrected chi connectivity index (χ1v) is 7.46. The topological polar surface area (TPSA) is 67.4 Å². The second-order valence-electron chi connectivity index (χ2n) is 4.92. The molecular weight excluding hydrogens is 316 g/mol. The van der Waals surface area contributed by atoms with Crippen molar-refractivity contribution in [3.05, 3.63) is 70.7 Å². The number of amides is 2. The van der Waals surface area contributed by atoms with Crippen molar-refractivity contribution in [3.8, 4) is 0 Å². The van der Waals surface area contributed by atoms with E-state index in [4.69, 9.17) is 16.4 Å². The normalized spacial score (nSPS) is 11.6. The molecule has 0 saturated heterocycles. The van der Waals surface area contributed by atoms with Crippen LogP contribution in [0.25, 0.3) is 0 Å². The molecule has 2 rings (SSSR count). The Morgan fingerprint density at radius 2 is 1.74 bits per heavy atom. The Bertz CT molecular complexity index is 677. The number of halogens is 1. The van der Waals surface area contributed by atoms with Crippen LogP contribution in [0.2, 0.25) is 5.02 Å². The number of carbonyl (C=O) groups excluding carboxylic acids is 2. The highest BCUT2D eigenvalue weighted by Crippen LogP contribution is 2.14. The van der Waals surface area contributed by atoms with Crippen molar-refractivity contribution in [3.63, 3.8) is 0 Å². The average Bonchev–Trinajstić information content (AvgIpc) is 2.56. The number of hydroxylamine groups is 1. The summed E-state index contributed by atoms with van der Waals surface area (Å²) in [6.45, 7) is 1.81. The molecule has 0 aliphatic carbocycles. The van der Waals surface area contributed by atoms with E-state index in [1.807, 2.05) is 30.3 Å². The van der Waals surface area contributed by atoms with Crippen LogP contribution in [0.4, 0.5) is 0 Å². The van der Waals surface area contributed by atoms with E-state index in [9.17, 15) is 9.59 Å². The zero-order valence-corrected chi connectivity index (χ0v) is 13.3. The highest BCUT2D eigenvalue weighted by atomic mass is 35.5. The van der Waals surface area contributed by atoms with Crippen molar-refractivity contribution in [2.45, 2.75) is 19.6 Å². The van der Waals surface area contributed by atoms with Gasteiger partial charge in [-0.2, -0.15) is 0 Å². The third-order valence-electron chi connectivity index (χ3n) is 3.11. The summed E-state index contributed by atoms with van der Waals surface area (Å²) in [4.78, 5) is 29.1. The molecule has 2 aromatic carbocycles. The van der Waals surface area contributed by atoms with E-state index in [2.05, 4.69) is 10.8 Å². The lowest BCUT2D eigenvalue weighted by atomic mass is 10.2. The van der Waals surface area contributed by atoms with Gasteiger partial charge in [0, 0.05) is 0 Å². The summed E-state index contributed by atoms with van der Waals surface area (Å²) in [6, 6.07) is 15.3. The van der Waals surface area contributed by atoms with Gasteiger partial charge >= 0.3 is 0 Å². The summed E-state index contributed by atoms with van der Waals surface area (Å²) in [6.07, 6.45) is 0. The molecule has 0 aromatic heterocycles. The minimum atomic E-state index is -0.755. The fraction of sp³-hybridized carbons (Fsp3) is 0.176. The van der Waals surface area contributed by atoms with E-state index in [0.29, 0.717) is 10.6 Å². The van der Waals surface area contributed by atoms with Crippen LogP contribution in [-0.2, 0) is 16.2 Å². The fourth-order valence-corrected chi connectivity index (χ4v) is 2.06. The van der Waals surface area contributed by atoms with Gasteiger partial charge in [-0.15, -0.1) is 0 Å². The smallest absolute Gasteiger partial charge is 0.265 e. The SMILES string of the molecule is C[C@H](NC(=O)c1ccccc1Cl)C(=O)NOCc1ccccc1. The largest absolute Gasteiger partial charge is 0.340 e. The molecule has 0 bridgehead atoms. The van der Waals surface area contributed by atoms with Gasteiger partial charge in [0.1, 0.15) is 6.04 Å². The molecule has 2 N–H and O–H groups in total. The van der Waals surface area contributed by atoms with Crippen LogP contribution >= 0.6 is 11.6 Å². The first-order valence-electron chi connectivity index (χ1n) is 7.09. The van der Waals surface area contributed by atoms with Crippen LogP contribution in [-0.4, -0.2) is 17.9 Å². The van der Waals surface area contributed by atoms with Crippen LogP contribution in [0.3, 0.4) is 0 Å². The van der Waals surface area contributed by atoms with E-state index < -0.39 is 17.9 Å². The van der Waals surface area contributed by atoms with Crippen molar-refractivity contribution < 1.29 is 14.4 Å². The Labute approximate surface area is 139 Å². The summed E-state index contributed by atoms with van der Waals surface area (Å²) in [5, 5.41) is 2.90. The molecule has 2 aromatic rings. The van der Waals surface area contributed by atoms with Crippen molar-refractivity contribution in [2.24, 2.45) is 0 Å². The standard InChI is InChI=1S/C17H17ClN2O3/c1-12(19-17(22)14-9-5-6-10-15(14)18)16(21)20-23-11-13-7-3-2-4-8-13/h2-10,12H,11H2,1H3,(H,19,22)(H,20,21)/t12-/m0/s1. The fourth-order valence-electron chi connectivity index (χ4n) is 1.84. The maximum absolute atomic E-state index is 12.1. The van der Waals surface area contributed by atoms with E-state index in [1.165, 1.54) is 0 Å². The van der Waals surface area contributed by atoms with Gasteiger partial charge < -0.3 is 5.32 Å². The van der Waals surface area contributed by atoms with Gasteiger partial charge in [-0.25, -0.2) is 5.48 Å². The van der Waals surface area contributed by atoms with Crippen LogP contribution in [0, 0.1) is 0 Å². The van der Waals surface area contributed by atoms with E-state index >= 15 is 0 Å². The summed E-state index contributed by atoms with van der Waals surface area (Å²) in [5.41, 5.74) is 3.57. The zero-order valence-electron chi connectivity index (χ0n) is 12.6. The highest BCUT2D eigenvalue weighted by Gasteiger charge is 2.18. The first kappa shape index (κ1) is 17.0. The van der Waals surface area contributed by atoms with E-state index in [0.717, 1.165) is 5.56 Å². The number of benzene rings is 2. The lowest BCUT2D eigenvalue weighted by molar-refractivity contribution is -0.136. The lowest BCUT2D eigenvalue weighted by Crippen LogP contribution is -2.44. The molecular formula is C17H17ClN2O3. The van der Waals surface area contributed by atoms with Crippen LogP contribution in [0.15, 0.2) is 54.6 Å².